The predicted octanol–water partition coefficient (Wildman–Crippen LogP) is 4.00. The van der Waals surface area contributed by atoms with Gasteiger partial charge >= 0.3 is 0 Å². The molecule has 21 heavy (non-hydrogen) atoms. The van der Waals surface area contributed by atoms with Gasteiger partial charge < -0.3 is 5.73 Å². The third-order valence-electron chi connectivity index (χ3n) is 3.33. The Morgan fingerprint density at radius 2 is 1.90 bits per heavy atom. The van der Waals surface area contributed by atoms with Crippen LogP contribution in [0.5, 0.6) is 0 Å². The second kappa shape index (κ2) is 6.56. The number of benzene rings is 1. The first-order valence-electron chi connectivity index (χ1n) is 6.94. The molecule has 3 aromatic rings. The molecule has 0 amide bonds. The van der Waals surface area contributed by atoms with Crippen molar-refractivity contribution in [3.8, 4) is 0 Å². The Hall–Kier alpha value is -1.43. The maximum Gasteiger partial charge on any atom is 0.128 e. The minimum absolute atomic E-state index is 0.592. The van der Waals surface area contributed by atoms with E-state index >= 15 is 0 Å². The van der Waals surface area contributed by atoms with Gasteiger partial charge in [-0.2, -0.15) is 0 Å². The Kier molecular flexibility index (Phi) is 4.53. The largest absolute Gasteiger partial charge is 0.326 e. The number of nitrogens with zero attached hydrogens (tertiary/aromatic N) is 2. The summed E-state index contributed by atoms with van der Waals surface area (Å²) in [4.78, 5) is 11.3. The molecule has 0 spiro atoms. The molecule has 2 N–H and O–H groups in total. The zero-order chi connectivity index (χ0) is 14.7. The topological polar surface area (TPSA) is 51.8 Å². The van der Waals surface area contributed by atoms with Gasteiger partial charge in [0, 0.05) is 22.6 Å². The van der Waals surface area contributed by atoms with Gasteiger partial charge in [-0.3, -0.25) is 0 Å². The number of nitrogens with two attached hydrogens (primary N) is 1. The van der Waals surface area contributed by atoms with Crippen LogP contribution in [0.1, 0.15) is 22.9 Å². The Balaban J connectivity index is 1.79. The quantitative estimate of drug-likeness (QED) is 0.571. The lowest BCUT2D eigenvalue weighted by Crippen LogP contribution is -1.95. The van der Waals surface area contributed by atoms with Gasteiger partial charge in [0.05, 0.1) is 0 Å². The Labute approximate surface area is 132 Å². The fraction of sp³-hybridized carbons (Fsp3) is 0.250. The molecular formula is C16H17N3S2. The second-order valence-electron chi connectivity index (χ2n) is 4.77. The van der Waals surface area contributed by atoms with E-state index < -0.39 is 0 Å². The summed E-state index contributed by atoms with van der Waals surface area (Å²) in [5.41, 5.74) is 8.07. The standard InChI is InChI=1S/C16H17N3S2/c1-2-13-7-14-15(18-10-19-16(14)21-13)20-9-12-5-3-11(8-17)4-6-12/h3-7,10H,2,8-9,17H2,1H3. The van der Waals surface area contributed by atoms with Crippen molar-refractivity contribution in [1.82, 2.24) is 9.97 Å². The van der Waals surface area contributed by atoms with Crippen LogP contribution in [0.2, 0.25) is 0 Å². The Morgan fingerprint density at radius 1 is 1.14 bits per heavy atom. The van der Waals surface area contributed by atoms with Crippen LogP contribution in [0, 0.1) is 0 Å². The van der Waals surface area contributed by atoms with E-state index in [4.69, 9.17) is 5.73 Å². The molecule has 0 aliphatic heterocycles. The van der Waals surface area contributed by atoms with Crippen LogP contribution >= 0.6 is 23.1 Å². The van der Waals surface area contributed by atoms with Crippen molar-refractivity contribution in [3.05, 3.63) is 52.7 Å². The van der Waals surface area contributed by atoms with Crippen molar-refractivity contribution in [3.63, 3.8) is 0 Å². The highest BCUT2D eigenvalue weighted by molar-refractivity contribution is 7.98. The van der Waals surface area contributed by atoms with Gasteiger partial charge in [-0.25, -0.2) is 9.97 Å². The van der Waals surface area contributed by atoms with Gasteiger partial charge in [-0.15, -0.1) is 23.1 Å². The normalized spacial score (nSPS) is 11.1. The van der Waals surface area contributed by atoms with Crippen LogP contribution in [0.4, 0.5) is 0 Å². The number of hydrogen-bond donors (Lipinski definition) is 1. The maximum atomic E-state index is 5.62. The minimum atomic E-state index is 0.592. The summed E-state index contributed by atoms with van der Waals surface area (Å²) in [6, 6.07) is 10.7. The third kappa shape index (κ3) is 3.26. The number of hydrogen-bond acceptors (Lipinski definition) is 5. The highest BCUT2D eigenvalue weighted by Crippen LogP contribution is 2.32. The van der Waals surface area contributed by atoms with Crippen LogP contribution in [0.15, 0.2) is 41.7 Å². The van der Waals surface area contributed by atoms with Crippen LogP contribution in [0.25, 0.3) is 10.2 Å². The summed E-state index contributed by atoms with van der Waals surface area (Å²) in [7, 11) is 0. The lowest BCUT2D eigenvalue weighted by atomic mass is 10.1. The molecule has 0 saturated carbocycles. The van der Waals surface area contributed by atoms with Crippen molar-refractivity contribution < 1.29 is 0 Å². The lowest BCUT2D eigenvalue weighted by molar-refractivity contribution is 1.07. The zero-order valence-corrected chi connectivity index (χ0v) is 13.5. The van der Waals surface area contributed by atoms with Crippen molar-refractivity contribution >= 4 is 33.3 Å². The number of aromatic nitrogens is 2. The van der Waals surface area contributed by atoms with E-state index in [-0.39, 0.29) is 0 Å². The van der Waals surface area contributed by atoms with Crippen molar-refractivity contribution in [1.29, 1.82) is 0 Å². The van der Waals surface area contributed by atoms with Crippen molar-refractivity contribution in [2.75, 3.05) is 0 Å². The third-order valence-corrected chi connectivity index (χ3v) is 5.59. The van der Waals surface area contributed by atoms with Crippen molar-refractivity contribution in [2.24, 2.45) is 5.73 Å². The van der Waals surface area contributed by atoms with Crippen LogP contribution < -0.4 is 5.73 Å². The van der Waals surface area contributed by atoms with Gasteiger partial charge in [0.1, 0.15) is 16.2 Å². The molecular weight excluding hydrogens is 298 g/mol. The molecule has 0 fully saturated rings. The molecule has 1 aromatic carbocycles. The van der Waals surface area contributed by atoms with Gasteiger partial charge in [-0.05, 0) is 23.6 Å². The van der Waals surface area contributed by atoms with E-state index in [1.807, 2.05) is 0 Å². The predicted molar refractivity (Wildman–Crippen MR) is 90.7 cm³/mol. The molecule has 108 valence electrons. The molecule has 0 aliphatic carbocycles. The number of aryl methyl sites for hydroxylation is 1. The molecule has 0 bridgehead atoms. The number of thioether (sulfide) groups is 1. The highest BCUT2D eigenvalue weighted by atomic mass is 32.2. The average Bonchev–Trinajstić information content (AvgIpc) is 2.97. The maximum absolute atomic E-state index is 5.62. The van der Waals surface area contributed by atoms with E-state index in [0.717, 1.165) is 22.0 Å². The Bertz CT molecular complexity index is 735. The van der Waals surface area contributed by atoms with Crippen molar-refractivity contribution in [2.45, 2.75) is 30.7 Å². The number of thiophene rings is 1. The first kappa shape index (κ1) is 14.5. The monoisotopic (exact) mass is 315 g/mol. The average molecular weight is 315 g/mol. The number of rotatable bonds is 5. The summed E-state index contributed by atoms with van der Waals surface area (Å²) in [5.74, 6) is 0.911. The second-order valence-corrected chi connectivity index (χ2v) is 6.85. The van der Waals surface area contributed by atoms with Crippen LogP contribution in [-0.4, -0.2) is 9.97 Å². The van der Waals surface area contributed by atoms with Crippen LogP contribution in [-0.2, 0) is 18.7 Å². The highest BCUT2D eigenvalue weighted by Gasteiger charge is 2.08. The molecule has 3 rings (SSSR count). The molecule has 0 atom stereocenters. The summed E-state index contributed by atoms with van der Waals surface area (Å²) in [6.07, 6.45) is 2.71. The number of fused-ring (bicyclic) bond motifs is 1. The first-order valence-corrected chi connectivity index (χ1v) is 8.74. The van der Waals surface area contributed by atoms with E-state index in [0.29, 0.717) is 6.54 Å². The Morgan fingerprint density at radius 3 is 2.62 bits per heavy atom. The molecule has 3 nitrogen and oxygen atoms in total. The van der Waals surface area contributed by atoms with Crippen LogP contribution in [0.3, 0.4) is 0 Å². The van der Waals surface area contributed by atoms with Gasteiger partial charge in [0.25, 0.3) is 0 Å². The van der Waals surface area contributed by atoms with Gasteiger partial charge in [0.2, 0.25) is 0 Å². The lowest BCUT2D eigenvalue weighted by Gasteiger charge is -2.03. The van der Waals surface area contributed by atoms with Gasteiger partial charge in [-0.1, -0.05) is 31.2 Å². The summed E-state index contributed by atoms with van der Waals surface area (Å²) in [6.45, 7) is 2.76. The molecule has 0 saturated heterocycles. The fourth-order valence-corrected chi connectivity index (χ4v) is 4.02. The summed E-state index contributed by atoms with van der Waals surface area (Å²) >= 11 is 3.52. The summed E-state index contributed by atoms with van der Waals surface area (Å²) < 4.78 is 0. The molecule has 0 unspecified atom stereocenters. The molecule has 2 heterocycles. The van der Waals surface area contributed by atoms with E-state index in [1.165, 1.54) is 21.4 Å². The minimum Gasteiger partial charge on any atom is -0.326 e. The smallest absolute Gasteiger partial charge is 0.128 e. The first-order chi connectivity index (χ1) is 10.3. The van der Waals surface area contributed by atoms with E-state index in [1.54, 1.807) is 29.4 Å². The molecule has 5 heteroatoms. The van der Waals surface area contributed by atoms with Gasteiger partial charge in [0.15, 0.2) is 0 Å². The van der Waals surface area contributed by atoms with E-state index in [9.17, 15) is 0 Å². The SMILES string of the molecule is CCc1cc2c(SCc3ccc(CN)cc3)ncnc2s1. The molecule has 0 aliphatic rings. The fourth-order valence-electron chi connectivity index (χ4n) is 2.10. The summed E-state index contributed by atoms with van der Waals surface area (Å²) in [5, 5.41) is 2.25. The molecule has 2 aromatic heterocycles. The van der Waals surface area contributed by atoms with E-state index in [2.05, 4.69) is 47.2 Å². The molecule has 0 radical (unpaired) electrons. The zero-order valence-electron chi connectivity index (χ0n) is 11.9.